The number of hydrogen-bond donors (Lipinski definition) is 1. The van der Waals surface area contributed by atoms with Gasteiger partial charge in [-0.05, 0) is 13.0 Å². The smallest absolute Gasteiger partial charge is 0.216 e. The van der Waals surface area contributed by atoms with Crippen molar-refractivity contribution < 1.29 is 9.15 Å². The van der Waals surface area contributed by atoms with E-state index < -0.39 is 0 Å². The predicted octanol–water partition coefficient (Wildman–Crippen LogP) is 1.64. The van der Waals surface area contributed by atoms with Crippen LogP contribution >= 0.6 is 0 Å². The lowest BCUT2D eigenvalue weighted by Crippen LogP contribution is -2.02. The summed E-state index contributed by atoms with van der Waals surface area (Å²) in [6.07, 6.45) is 3.00. The van der Waals surface area contributed by atoms with E-state index in [2.05, 4.69) is 0 Å². The second kappa shape index (κ2) is 3.06. The Hall–Kier alpha value is -1.25. The van der Waals surface area contributed by atoms with Gasteiger partial charge in [0, 0.05) is 0 Å². The van der Waals surface area contributed by atoms with Crippen molar-refractivity contribution in [3.05, 3.63) is 24.2 Å². The molecule has 1 rings (SSSR count). The van der Waals surface area contributed by atoms with Crippen molar-refractivity contribution in [2.75, 3.05) is 6.61 Å². The monoisotopic (exact) mass is 139 g/mol. The summed E-state index contributed by atoms with van der Waals surface area (Å²) in [6, 6.07) is 1.69. The lowest BCUT2D eigenvalue weighted by molar-refractivity contribution is 0.325. The zero-order valence-electron chi connectivity index (χ0n) is 5.76. The van der Waals surface area contributed by atoms with Gasteiger partial charge in [-0.2, -0.15) is 0 Å². The second-order valence-electron chi connectivity index (χ2n) is 1.77. The highest BCUT2D eigenvalue weighted by atomic mass is 16.5. The normalized spacial score (nSPS) is 9.30. The van der Waals surface area contributed by atoms with Crippen LogP contribution < -0.4 is 0 Å². The highest BCUT2D eigenvalue weighted by Gasteiger charge is 2.00. The molecule has 0 unspecified atom stereocenters. The van der Waals surface area contributed by atoms with E-state index in [1.165, 1.54) is 12.5 Å². The first-order valence-electron chi connectivity index (χ1n) is 3.08. The van der Waals surface area contributed by atoms with Gasteiger partial charge in [0.25, 0.3) is 0 Å². The van der Waals surface area contributed by atoms with Crippen molar-refractivity contribution in [2.24, 2.45) is 0 Å². The van der Waals surface area contributed by atoms with E-state index in [4.69, 9.17) is 14.6 Å². The summed E-state index contributed by atoms with van der Waals surface area (Å²) in [5, 5.41) is 7.26. The Morgan fingerprint density at radius 2 is 2.60 bits per heavy atom. The molecule has 0 atom stereocenters. The third kappa shape index (κ3) is 1.37. The molecule has 0 spiro atoms. The molecule has 1 aromatic heterocycles. The lowest BCUT2D eigenvalue weighted by Gasteiger charge is -1.99. The van der Waals surface area contributed by atoms with Gasteiger partial charge < -0.3 is 9.15 Å². The quantitative estimate of drug-likeness (QED) is 0.500. The number of hydrogen-bond acceptors (Lipinski definition) is 3. The Kier molecular flexibility index (Phi) is 2.10. The minimum Gasteiger partial charge on any atom is -0.478 e. The average molecular weight is 139 g/mol. The van der Waals surface area contributed by atoms with Crippen LogP contribution in [0.2, 0.25) is 0 Å². The van der Waals surface area contributed by atoms with Crippen LogP contribution in [0.15, 0.2) is 23.0 Å². The van der Waals surface area contributed by atoms with Crippen molar-refractivity contribution in [1.29, 1.82) is 5.41 Å². The number of ether oxygens (including phenoxy) is 1. The first-order valence-corrected chi connectivity index (χ1v) is 3.08. The van der Waals surface area contributed by atoms with Crippen LogP contribution in [0.25, 0.3) is 0 Å². The number of nitrogens with one attached hydrogen (secondary N) is 1. The maximum atomic E-state index is 7.26. The van der Waals surface area contributed by atoms with Gasteiger partial charge in [0.05, 0.1) is 18.4 Å². The SMILES string of the molecule is CCOC(=N)c1ccoc1. The minimum absolute atomic E-state index is 0.163. The van der Waals surface area contributed by atoms with E-state index in [9.17, 15) is 0 Å². The fourth-order valence-corrected chi connectivity index (χ4v) is 0.621. The summed E-state index contributed by atoms with van der Waals surface area (Å²) in [5.74, 6) is 0.163. The van der Waals surface area contributed by atoms with E-state index >= 15 is 0 Å². The van der Waals surface area contributed by atoms with Gasteiger partial charge in [-0.25, -0.2) is 0 Å². The first kappa shape index (κ1) is 6.86. The van der Waals surface area contributed by atoms with Gasteiger partial charge in [0.15, 0.2) is 0 Å². The van der Waals surface area contributed by atoms with Crippen molar-refractivity contribution in [1.82, 2.24) is 0 Å². The molecular formula is C7H9NO2. The van der Waals surface area contributed by atoms with Gasteiger partial charge in [0.1, 0.15) is 6.26 Å². The van der Waals surface area contributed by atoms with Gasteiger partial charge in [-0.1, -0.05) is 0 Å². The Balaban J connectivity index is 2.59. The van der Waals surface area contributed by atoms with Crippen molar-refractivity contribution in [2.45, 2.75) is 6.92 Å². The van der Waals surface area contributed by atoms with Crippen LogP contribution in [0.5, 0.6) is 0 Å². The van der Waals surface area contributed by atoms with Gasteiger partial charge in [-0.3, -0.25) is 5.41 Å². The van der Waals surface area contributed by atoms with E-state index in [0.717, 1.165) is 0 Å². The zero-order chi connectivity index (χ0) is 7.40. The van der Waals surface area contributed by atoms with E-state index in [0.29, 0.717) is 12.2 Å². The maximum absolute atomic E-state index is 7.26. The molecule has 0 bridgehead atoms. The average Bonchev–Trinajstić information content (AvgIpc) is 2.38. The number of rotatable bonds is 2. The molecule has 0 aliphatic rings. The van der Waals surface area contributed by atoms with Gasteiger partial charge >= 0.3 is 0 Å². The Labute approximate surface area is 59.1 Å². The molecule has 0 aliphatic heterocycles. The zero-order valence-corrected chi connectivity index (χ0v) is 5.76. The Morgan fingerprint density at radius 1 is 1.80 bits per heavy atom. The van der Waals surface area contributed by atoms with Gasteiger partial charge in [-0.15, -0.1) is 0 Å². The summed E-state index contributed by atoms with van der Waals surface area (Å²) in [6.45, 7) is 2.36. The molecule has 1 heterocycles. The third-order valence-corrected chi connectivity index (χ3v) is 1.07. The predicted molar refractivity (Wildman–Crippen MR) is 37.2 cm³/mol. The lowest BCUT2D eigenvalue weighted by atomic mass is 10.3. The first-order chi connectivity index (χ1) is 4.84. The van der Waals surface area contributed by atoms with Crippen LogP contribution in [0.3, 0.4) is 0 Å². The van der Waals surface area contributed by atoms with Crippen LogP contribution in [0.4, 0.5) is 0 Å². The molecule has 10 heavy (non-hydrogen) atoms. The van der Waals surface area contributed by atoms with Crippen LogP contribution in [-0.4, -0.2) is 12.5 Å². The topological polar surface area (TPSA) is 46.2 Å². The fraction of sp³-hybridized carbons (Fsp3) is 0.286. The molecular weight excluding hydrogens is 130 g/mol. The van der Waals surface area contributed by atoms with E-state index in [1.54, 1.807) is 6.07 Å². The molecule has 1 aromatic rings. The Bertz CT molecular complexity index is 203. The van der Waals surface area contributed by atoms with Gasteiger partial charge in [0.2, 0.25) is 5.90 Å². The molecule has 0 radical (unpaired) electrons. The third-order valence-electron chi connectivity index (χ3n) is 1.07. The van der Waals surface area contributed by atoms with Crippen LogP contribution in [-0.2, 0) is 4.74 Å². The van der Waals surface area contributed by atoms with E-state index in [-0.39, 0.29) is 5.90 Å². The second-order valence-corrected chi connectivity index (χ2v) is 1.77. The standard InChI is InChI=1S/C7H9NO2/c1-2-10-7(8)6-3-4-9-5-6/h3-5,8H,2H2,1H3. The molecule has 0 saturated heterocycles. The summed E-state index contributed by atoms with van der Waals surface area (Å²) >= 11 is 0. The largest absolute Gasteiger partial charge is 0.478 e. The van der Waals surface area contributed by atoms with Crippen LogP contribution in [0, 0.1) is 5.41 Å². The van der Waals surface area contributed by atoms with E-state index in [1.807, 2.05) is 6.92 Å². The molecule has 54 valence electrons. The molecule has 1 N–H and O–H groups in total. The molecule has 0 saturated carbocycles. The summed E-state index contributed by atoms with van der Waals surface area (Å²) in [7, 11) is 0. The summed E-state index contributed by atoms with van der Waals surface area (Å²) < 4.78 is 9.67. The highest BCUT2D eigenvalue weighted by Crippen LogP contribution is 2.01. The molecule has 0 amide bonds. The van der Waals surface area contributed by atoms with Crippen molar-refractivity contribution >= 4 is 5.90 Å². The summed E-state index contributed by atoms with van der Waals surface area (Å²) in [4.78, 5) is 0. The molecule has 0 fully saturated rings. The molecule has 3 nitrogen and oxygen atoms in total. The summed E-state index contributed by atoms with van der Waals surface area (Å²) in [5.41, 5.74) is 0.682. The van der Waals surface area contributed by atoms with Crippen LogP contribution in [0.1, 0.15) is 12.5 Å². The maximum Gasteiger partial charge on any atom is 0.216 e. The molecule has 0 aromatic carbocycles. The molecule has 0 aliphatic carbocycles. The fourth-order valence-electron chi connectivity index (χ4n) is 0.621. The Morgan fingerprint density at radius 3 is 3.10 bits per heavy atom. The van der Waals surface area contributed by atoms with Crippen molar-refractivity contribution in [3.8, 4) is 0 Å². The van der Waals surface area contributed by atoms with Crippen molar-refractivity contribution in [3.63, 3.8) is 0 Å². The number of furan rings is 1. The molecule has 3 heteroatoms. The minimum atomic E-state index is 0.163. The highest BCUT2D eigenvalue weighted by molar-refractivity contribution is 5.90.